The predicted octanol–water partition coefficient (Wildman–Crippen LogP) is 11.2. The quantitative estimate of drug-likeness (QED) is 0.0841. The molecule has 2 aromatic carbocycles. The van der Waals surface area contributed by atoms with Gasteiger partial charge in [-0.1, -0.05) is 45.4 Å². The summed E-state index contributed by atoms with van der Waals surface area (Å²) >= 11 is 0. The lowest BCUT2D eigenvalue weighted by molar-refractivity contribution is -0.480. The molecule has 400 valence electrons. The minimum atomic E-state index is -4.61. The number of allylic oxidation sites excluding steroid dienone is 1. The van der Waals surface area contributed by atoms with Crippen LogP contribution in [0.4, 0.5) is 26.3 Å². The largest absolute Gasteiger partial charge is 0.418 e. The van der Waals surface area contributed by atoms with E-state index >= 15 is 0 Å². The lowest BCUT2D eigenvalue weighted by atomic mass is 9.71. The fourth-order valence-electron chi connectivity index (χ4n) is 10.0. The molecule has 0 spiro atoms. The Balaban J connectivity index is 0.000000195. The molecule has 0 N–H and O–H groups in total. The summed E-state index contributed by atoms with van der Waals surface area (Å²) in [4.78, 5) is 42.1. The molecule has 2 aliphatic carbocycles. The van der Waals surface area contributed by atoms with Crippen LogP contribution in [0.25, 0.3) is 22.4 Å². The van der Waals surface area contributed by atoms with Gasteiger partial charge < -0.3 is 9.80 Å². The van der Waals surface area contributed by atoms with Crippen molar-refractivity contribution in [1.82, 2.24) is 27.7 Å². The second-order valence-corrected chi connectivity index (χ2v) is 19.7. The topological polar surface area (TPSA) is 132 Å². The first-order valence-electron chi connectivity index (χ1n) is 25.2. The number of hydrogen-bond acceptors (Lipinski definition) is 8. The molecule has 1 amide bonds. The average molecular weight is 1050 g/mol. The van der Waals surface area contributed by atoms with Gasteiger partial charge in [-0.05, 0) is 125 Å². The smallest absolute Gasteiger partial charge is 0.374 e. The fourth-order valence-corrected chi connectivity index (χ4v) is 10.0. The number of halogens is 6. The average Bonchev–Trinajstić information content (AvgIpc) is 4.15. The van der Waals surface area contributed by atoms with Gasteiger partial charge in [0.05, 0.1) is 69.7 Å². The maximum atomic E-state index is 13.7. The van der Waals surface area contributed by atoms with Gasteiger partial charge in [0.25, 0.3) is 0 Å². The van der Waals surface area contributed by atoms with Gasteiger partial charge in [0.15, 0.2) is 0 Å². The van der Waals surface area contributed by atoms with E-state index in [2.05, 4.69) is 33.1 Å². The summed E-state index contributed by atoms with van der Waals surface area (Å²) in [5, 5.41) is 16.9. The van der Waals surface area contributed by atoms with E-state index in [1.807, 2.05) is 80.2 Å². The second-order valence-electron chi connectivity index (χ2n) is 19.7. The van der Waals surface area contributed by atoms with Gasteiger partial charge in [-0.3, -0.25) is 22.7 Å². The van der Waals surface area contributed by atoms with Crippen molar-refractivity contribution < 1.29 is 40.3 Å². The van der Waals surface area contributed by atoms with Crippen LogP contribution in [-0.2, 0) is 30.2 Å². The fraction of sp³-hybridized carbons (Fsp3) is 0.400. The normalized spacial score (nSPS) is 16.8. The van der Waals surface area contributed by atoms with Crippen molar-refractivity contribution >= 4 is 29.6 Å². The summed E-state index contributed by atoms with van der Waals surface area (Å²) in [6, 6.07) is 15.8. The SMILES string of the molecule is C=C(C)N(C)Cc1cc([C@H]([C]2N=NC=[N+]2C)C2CCC2)cc(-n2cc3c(C(F)(F)F)cccn3c2=O)c1.CC.CC(=O)N(C)Cc1cc([C@@H]([C]2N=NC=[N+]2C)C2CCC2)cc(-n2cc3c(C(F)(F)F)cccn3c2=O)c1. The summed E-state index contributed by atoms with van der Waals surface area (Å²) in [6.45, 7) is 12.2. The zero-order chi connectivity index (χ0) is 55.0. The van der Waals surface area contributed by atoms with E-state index in [9.17, 15) is 40.7 Å². The van der Waals surface area contributed by atoms with E-state index in [-0.39, 0.29) is 35.3 Å². The molecule has 2 fully saturated rings. The van der Waals surface area contributed by atoms with Crippen molar-refractivity contribution in [3.63, 3.8) is 0 Å². The van der Waals surface area contributed by atoms with Crippen LogP contribution in [0.2, 0.25) is 0 Å². The van der Waals surface area contributed by atoms with Gasteiger partial charge in [0.2, 0.25) is 5.91 Å². The monoisotopic (exact) mass is 1050 g/mol. The summed E-state index contributed by atoms with van der Waals surface area (Å²) in [7, 11) is 7.38. The Morgan fingerprint density at radius 3 is 1.38 bits per heavy atom. The van der Waals surface area contributed by atoms with Crippen molar-refractivity contribution in [2.75, 3.05) is 28.2 Å². The highest BCUT2D eigenvalue weighted by Gasteiger charge is 2.44. The van der Waals surface area contributed by atoms with E-state index in [1.165, 1.54) is 53.0 Å². The van der Waals surface area contributed by atoms with Crippen molar-refractivity contribution in [2.45, 2.75) is 103 Å². The van der Waals surface area contributed by atoms with Crippen molar-refractivity contribution in [2.24, 2.45) is 32.3 Å². The molecule has 76 heavy (non-hydrogen) atoms. The van der Waals surface area contributed by atoms with Crippen molar-refractivity contribution in [3.05, 3.63) is 164 Å². The van der Waals surface area contributed by atoms with Crippen LogP contribution in [0, 0.1) is 24.2 Å². The molecular weight excluding hydrogens is 991 g/mol. The zero-order valence-corrected chi connectivity index (χ0v) is 43.8. The minimum Gasteiger partial charge on any atom is -0.374 e. The van der Waals surface area contributed by atoms with Gasteiger partial charge in [0.1, 0.15) is 0 Å². The third-order valence-electron chi connectivity index (χ3n) is 14.6. The lowest BCUT2D eigenvalue weighted by Crippen LogP contribution is -2.29. The molecule has 2 atom stereocenters. The molecule has 21 heteroatoms. The Kier molecular flexibility index (Phi) is 15.9. The van der Waals surface area contributed by atoms with Gasteiger partial charge in [-0.25, -0.2) is 18.7 Å². The number of amides is 1. The summed E-state index contributed by atoms with van der Waals surface area (Å²) in [5.74, 6) is 0.400. The number of aromatic nitrogens is 4. The lowest BCUT2D eigenvalue weighted by Gasteiger charge is -2.34. The molecule has 0 saturated heterocycles. The van der Waals surface area contributed by atoms with Crippen LogP contribution in [0.15, 0.2) is 128 Å². The number of hydrogen-bond donors (Lipinski definition) is 0. The molecule has 2 aliphatic heterocycles. The van der Waals surface area contributed by atoms with Crippen LogP contribution in [0.1, 0.15) is 111 Å². The van der Waals surface area contributed by atoms with Gasteiger partial charge in [-0.2, -0.15) is 26.3 Å². The standard InChI is InChI=1S/C27H29F3N6O.C26H27F3N6O2.C2H6/c1-17(2)33(3)14-18-11-20(24(19-7-5-8-19)25-32-31-16-34(25)4)13-21(12-18)36-15-23-22(27(28,29)30)9-6-10-35(23)26(36)37;1-16(36)32(2)13-17-10-19(23(18-6-4-7-18)24-31-30-15-33(24)3)12-20(11-17)35-14-22-21(26(27,28)29)8-5-9-34(22)25(35)37;1-2/h6,9-13,15-16,19,24H,1,5,7-8,14H2,2-4H3;5,8-12,14-15,18,23H,4,6-7,13H2,1-3H3;1-2H3/q2*+1;/t24-;23-;/m10./s1. The van der Waals surface area contributed by atoms with E-state index < -0.39 is 34.9 Å². The number of alkyl halides is 6. The Bertz CT molecular complexity index is 3180. The first kappa shape index (κ1) is 54.8. The number of fused-ring (bicyclic) bond motifs is 2. The number of pyridine rings is 2. The van der Waals surface area contributed by atoms with Gasteiger partial charge >= 0.3 is 48.7 Å². The van der Waals surface area contributed by atoms with Crippen LogP contribution in [0.5, 0.6) is 0 Å². The van der Waals surface area contributed by atoms with Gasteiger partial charge in [-0.15, -0.1) is 0 Å². The third-order valence-corrected chi connectivity index (χ3v) is 14.6. The molecule has 4 aromatic heterocycles. The number of likely N-dealkylation sites (N-methyl/N-ethyl adjacent to an activating group) is 2. The predicted molar refractivity (Wildman–Crippen MR) is 277 cm³/mol. The molecule has 6 aromatic rings. The maximum absolute atomic E-state index is 13.7. The number of azo groups is 2. The van der Waals surface area contributed by atoms with E-state index in [0.29, 0.717) is 29.8 Å². The maximum Gasteiger partial charge on any atom is 0.418 e. The van der Waals surface area contributed by atoms with E-state index in [0.717, 1.165) is 99.7 Å². The van der Waals surface area contributed by atoms with Crippen molar-refractivity contribution in [3.8, 4) is 11.4 Å². The highest BCUT2D eigenvalue weighted by Crippen LogP contribution is 2.48. The number of rotatable bonds is 13. The third kappa shape index (κ3) is 11.1. The van der Waals surface area contributed by atoms with E-state index in [1.54, 1.807) is 30.7 Å². The first-order chi connectivity index (χ1) is 36.1. The van der Waals surface area contributed by atoms with Crippen LogP contribution >= 0.6 is 0 Å². The number of benzene rings is 2. The number of nitrogens with zero attached hydrogens (tertiary/aromatic N) is 12. The molecule has 4 aliphatic rings. The molecule has 2 radical (unpaired) electrons. The molecule has 10 rings (SSSR count). The Morgan fingerprint density at radius 1 is 0.671 bits per heavy atom. The summed E-state index contributed by atoms with van der Waals surface area (Å²) in [6.07, 6.45) is 7.27. The Labute approximate surface area is 436 Å². The van der Waals surface area contributed by atoms with Crippen LogP contribution < -0.4 is 11.4 Å². The molecule has 6 heterocycles. The second kappa shape index (κ2) is 22.0. The summed E-state index contributed by atoms with van der Waals surface area (Å²) < 4.78 is 90.4. The van der Waals surface area contributed by atoms with Gasteiger partial charge in [0, 0.05) is 64.6 Å². The summed E-state index contributed by atoms with van der Waals surface area (Å²) in [5.41, 5.74) is 2.01. The molecule has 2 saturated carbocycles. The Hall–Kier alpha value is -7.45. The molecule has 0 bridgehead atoms. The minimum absolute atomic E-state index is 0.0476. The van der Waals surface area contributed by atoms with Crippen LogP contribution in [0.3, 0.4) is 0 Å². The molecular formula is C55H62F6N12O3+2. The van der Waals surface area contributed by atoms with E-state index in [4.69, 9.17) is 0 Å². The zero-order valence-electron chi connectivity index (χ0n) is 43.8. The highest BCUT2D eigenvalue weighted by molar-refractivity contribution is 5.73. The first-order valence-corrected chi connectivity index (χ1v) is 25.2. The number of carbonyl (C=O) groups excluding carboxylic acids is 1. The van der Waals surface area contributed by atoms with Crippen LogP contribution in [-0.4, -0.2) is 83.7 Å². The number of carbonyl (C=O) groups is 1. The molecule has 0 unspecified atom stereocenters. The number of imidazole rings is 2. The Morgan fingerprint density at radius 2 is 1.07 bits per heavy atom. The molecule has 15 nitrogen and oxygen atoms in total. The highest BCUT2D eigenvalue weighted by atomic mass is 19.4. The van der Waals surface area contributed by atoms with Crippen molar-refractivity contribution in [1.29, 1.82) is 0 Å².